The Labute approximate surface area is 90.9 Å². The van der Waals surface area contributed by atoms with Crippen LogP contribution >= 0.6 is 12.4 Å². The minimum atomic E-state index is 0. The monoisotopic (exact) mass is 213 g/mol. The molecule has 0 saturated carbocycles. The van der Waals surface area contributed by atoms with E-state index in [-0.39, 0.29) is 18.5 Å². The Morgan fingerprint density at radius 1 is 1.50 bits per heavy atom. The molecule has 1 atom stereocenters. The van der Waals surface area contributed by atoms with E-state index in [1.54, 1.807) is 0 Å². The van der Waals surface area contributed by atoms with Crippen LogP contribution < -0.4 is 10.5 Å². The summed E-state index contributed by atoms with van der Waals surface area (Å²) in [6.45, 7) is 2.77. The van der Waals surface area contributed by atoms with Gasteiger partial charge in [-0.05, 0) is 23.6 Å². The van der Waals surface area contributed by atoms with Crippen molar-refractivity contribution < 1.29 is 4.74 Å². The molecule has 2 N–H and O–H groups in total. The van der Waals surface area contributed by atoms with Crippen LogP contribution in [0.1, 0.15) is 18.1 Å². The van der Waals surface area contributed by atoms with Gasteiger partial charge in [-0.3, -0.25) is 0 Å². The Balaban J connectivity index is 0.000000980. The predicted molar refractivity (Wildman–Crippen MR) is 60.2 cm³/mol. The Hall–Kier alpha value is -0.730. The molecule has 1 aliphatic rings. The highest BCUT2D eigenvalue weighted by atomic mass is 35.5. The lowest BCUT2D eigenvalue weighted by Gasteiger charge is -2.05. The standard InChI is InChI=1S/C11H15NO.ClH/c1-2-8-3-4-11-9(5-8)6-10(7-12)13-11;/h3-5,10H,2,6-7,12H2,1H3;1H. The summed E-state index contributed by atoms with van der Waals surface area (Å²) in [7, 11) is 0. The molecule has 0 aromatic heterocycles. The molecule has 0 bridgehead atoms. The fraction of sp³-hybridized carbons (Fsp3) is 0.455. The van der Waals surface area contributed by atoms with E-state index in [1.807, 2.05) is 0 Å². The first kappa shape index (κ1) is 11.3. The summed E-state index contributed by atoms with van der Waals surface area (Å²) in [6.07, 6.45) is 2.25. The van der Waals surface area contributed by atoms with E-state index in [0.29, 0.717) is 6.54 Å². The van der Waals surface area contributed by atoms with Crippen molar-refractivity contribution in [1.82, 2.24) is 0 Å². The third kappa shape index (κ3) is 2.02. The minimum Gasteiger partial charge on any atom is -0.488 e. The second-order valence-corrected chi connectivity index (χ2v) is 3.48. The summed E-state index contributed by atoms with van der Waals surface area (Å²) < 4.78 is 5.63. The topological polar surface area (TPSA) is 35.2 Å². The van der Waals surface area contributed by atoms with Crippen molar-refractivity contribution in [2.75, 3.05) is 6.54 Å². The van der Waals surface area contributed by atoms with Gasteiger partial charge in [-0.1, -0.05) is 19.1 Å². The van der Waals surface area contributed by atoms with Gasteiger partial charge in [0.2, 0.25) is 0 Å². The van der Waals surface area contributed by atoms with Gasteiger partial charge in [0.05, 0.1) is 0 Å². The van der Waals surface area contributed by atoms with Crippen LogP contribution in [0.25, 0.3) is 0 Å². The van der Waals surface area contributed by atoms with Gasteiger partial charge in [0, 0.05) is 13.0 Å². The van der Waals surface area contributed by atoms with Gasteiger partial charge < -0.3 is 10.5 Å². The van der Waals surface area contributed by atoms with Gasteiger partial charge in [-0.2, -0.15) is 0 Å². The normalized spacial score (nSPS) is 18.3. The van der Waals surface area contributed by atoms with Crippen molar-refractivity contribution in [3.8, 4) is 5.75 Å². The summed E-state index contributed by atoms with van der Waals surface area (Å²) in [5.74, 6) is 1.02. The van der Waals surface area contributed by atoms with Crippen LogP contribution in [0.5, 0.6) is 5.75 Å². The predicted octanol–water partition coefficient (Wildman–Crippen LogP) is 1.93. The first-order valence-electron chi connectivity index (χ1n) is 4.82. The fourth-order valence-corrected chi connectivity index (χ4v) is 1.73. The maximum absolute atomic E-state index is 5.63. The molecule has 0 spiro atoms. The molecule has 1 aromatic rings. The lowest BCUT2D eigenvalue weighted by molar-refractivity contribution is 0.241. The quantitative estimate of drug-likeness (QED) is 0.815. The third-order valence-electron chi connectivity index (χ3n) is 2.54. The van der Waals surface area contributed by atoms with Gasteiger partial charge in [-0.15, -0.1) is 12.4 Å². The third-order valence-corrected chi connectivity index (χ3v) is 2.54. The zero-order valence-electron chi connectivity index (χ0n) is 8.32. The Morgan fingerprint density at radius 3 is 2.93 bits per heavy atom. The van der Waals surface area contributed by atoms with Crippen LogP contribution in [0.3, 0.4) is 0 Å². The smallest absolute Gasteiger partial charge is 0.123 e. The molecular weight excluding hydrogens is 198 g/mol. The maximum atomic E-state index is 5.63. The first-order chi connectivity index (χ1) is 6.33. The van der Waals surface area contributed by atoms with E-state index in [1.165, 1.54) is 11.1 Å². The number of nitrogens with two attached hydrogens (primary N) is 1. The number of aryl methyl sites for hydroxylation is 1. The number of hydrogen-bond acceptors (Lipinski definition) is 2. The molecule has 78 valence electrons. The first-order valence-corrected chi connectivity index (χ1v) is 4.82. The molecular formula is C11H16ClNO. The molecule has 0 radical (unpaired) electrons. The number of fused-ring (bicyclic) bond motifs is 1. The largest absolute Gasteiger partial charge is 0.488 e. The number of benzene rings is 1. The molecule has 2 nitrogen and oxygen atoms in total. The summed E-state index contributed by atoms with van der Waals surface area (Å²) in [6, 6.07) is 6.41. The highest BCUT2D eigenvalue weighted by Gasteiger charge is 2.21. The Morgan fingerprint density at radius 2 is 2.29 bits per heavy atom. The zero-order valence-corrected chi connectivity index (χ0v) is 9.14. The highest BCUT2D eigenvalue weighted by Crippen LogP contribution is 2.29. The molecule has 0 saturated heterocycles. The van der Waals surface area contributed by atoms with Crippen molar-refractivity contribution in [1.29, 1.82) is 0 Å². The van der Waals surface area contributed by atoms with Gasteiger partial charge in [0.25, 0.3) is 0 Å². The minimum absolute atomic E-state index is 0. The maximum Gasteiger partial charge on any atom is 0.123 e. The molecule has 0 amide bonds. The zero-order chi connectivity index (χ0) is 9.26. The lowest BCUT2D eigenvalue weighted by Crippen LogP contribution is -2.24. The summed E-state index contributed by atoms with van der Waals surface area (Å²) in [5.41, 5.74) is 8.25. The van der Waals surface area contributed by atoms with Gasteiger partial charge in [-0.25, -0.2) is 0 Å². The Bertz CT molecular complexity index is 314. The van der Waals surface area contributed by atoms with Crippen molar-refractivity contribution >= 4 is 12.4 Å². The van der Waals surface area contributed by atoms with Crippen LogP contribution in [0.4, 0.5) is 0 Å². The summed E-state index contributed by atoms with van der Waals surface area (Å²) >= 11 is 0. The van der Waals surface area contributed by atoms with Crippen molar-refractivity contribution in [2.24, 2.45) is 5.73 Å². The molecule has 0 aliphatic carbocycles. The number of hydrogen-bond donors (Lipinski definition) is 1. The van der Waals surface area contributed by atoms with Crippen molar-refractivity contribution in [3.63, 3.8) is 0 Å². The average Bonchev–Trinajstić information content (AvgIpc) is 2.58. The molecule has 0 fully saturated rings. The van der Waals surface area contributed by atoms with E-state index in [0.717, 1.165) is 18.6 Å². The lowest BCUT2D eigenvalue weighted by atomic mass is 10.1. The summed E-state index contributed by atoms with van der Waals surface area (Å²) in [4.78, 5) is 0. The van der Waals surface area contributed by atoms with Crippen LogP contribution in [-0.2, 0) is 12.8 Å². The molecule has 1 heterocycles. The van der Waals surface area contributed by atoms with Crippen LogP contribution in [0, 0.1) is 0 Å². The SMILES string of the molecule is CCc1ccc2c(c1)CC(CN)O2.Cl. The van der Waals surface area contributed by atoms with Crippen LogP contribution in [-0.4, -0.2) is 12.6 Å². The number of ether oxygens (including phenoxy) is 1. The molecule has 1 aliphatic heterocycles. The molecule has 2 rings (SSSR count). The van der Waals surface area contributed by atoms with Crippen molar-refractivity contribution in [2.45, 2.75) is 25.9 Å². The fourth-order valence-electron chi connectivity index (χ4n) is 1.73. The van der Waals surface area contributed by atoms with Gasteiger partial charge >= 0.3 is 0 Å². The second kappa shape index (κ2) is 4.67. The number of rotatable bonds is 2. The van der Waals surface area contributed by atoms with E-state index in [9.17, 15) is 0 Å². The summed E-state index contributed by atoms with van der Waals surface area (Å²) in [5, 5.41) is 0. The van der Waals surface area contributed by atoms with Crippen LogP contribution in [0.2, 0.25) is 0 Å². The van der Waals surface area contributed by atoms with Gasteiger partial charge in [0.15, 0.2) is 0 Å². The molecule has 1 aromatic carbocycles. The molecule has 3 heteroatoms. The van der Waals surface area contributed by atoms with Crippen LogP contribution in [0.15, 0.2) is 18.2 Å². The van der Waals surface area contributed by atoms with Crippen molar-refractivity contribution in [3.05, 3.63) is 29.3 Å². The van der Waals surface area contributed by atoms with E-state index in [2.05, 4.69) is 25.1 Å². The highest BCUT2D eigenvalue weighted by molar-refractivity contribution is 5.85. The Kier molecular flexibility index (Phi) is 3.78. The molecule has 14 heavy (non-hydrogen) atoms. The average molecular weight is 214 g/mol. The molecule has 1 unspecified atom stereocenters. The van der Waals surface area contributed by atoms with Gasteiger partial charge in [0.1, 0.15) is 11.9 Å². The van der Waals surface area contributed by atoms with E-state index < -0.39 is 0 Å². The van der Waals surface area contributed by atoms with E-state index >= 15 is 0 Å². The van der Waals surface area contributed by atoms with E-state index in [4.69, 9.17) is 10.5 Å². The number of halogens is 1. The second-order valence-electron chi connectivity index (χ2n) is 3.48.